The van der Waals surface area contributed by atoms with Gasteiger partial charge in [-0.15, -0.1) is 0 Å². The van der Waals surface area contributed by atoms with Crippen LogP contribution in [0.4, 0.5) is 4.39 Å². The van der Waals surface area contributed by atoms with Crippen LogP contribution >= 0.6 is 0 Å². The molecule has 17 heavy (non-hydrogen) atoms. The second kappa shape index (κ2) is 5.92. The fourth-order valence-electron chi connectivity index (χ4n) is 1.89. The van der Waals surface area contributed by atoms with E-state index in [9.17, 15) is 9.18 Å². The average Bonchev–Trinajstić information content (AvgIpc) is 2.24. The molecule has 0 aromatic heterocycles. The molecule has 0 bridgehead atoms. The Morgan fingerprint density at radius 1 is 1.41 bits per heavy atom. The molecule has 0 aliphatic heterocycles. The quantitative estimate of drug-likeness (QED) is 0.800. The van der Waals surface area contributed by atoms with E-state index in [0.29, 0.717) is 30.9 Å². The Balaban J connectivity index is 2.82. The number of hydrogen-bond acceptors (Lipinski definition) is 2. The first-order valence-corrected chi connectivity index (χ1v) is 5.95. The summed E-state index contributed by atoms with van der Waals surface area (Å²) >= 11 is 0. The Kier molecular flexibility index (Phi) is 4.82. The van der Waals surface area contributed by atoms with E-state index in [-0.39, 0.29) is 11.3 Å². The van der Waals surface area contributed by atoms with Crippen molar-refractivity contribution < 1.29 is 9.18 Å². The van der Waals surface area contributed by atoms with Crippen LogP contribution < -0.4 is 5.73 Å². The zero-order valence-corrected chi connectivity index (χ0v) is 10.7. The lowest BCUT2D eigenvalue weighted by atomic mass is 9.96. The lowest BCUT2D eigenvalue weighted by Gasteiger charge is -2.10. The van der Waals surface area contributed by atoms with Crippen LogP contribution in [0, 0.1) is 25.6 Å². The monoisotopic (exact) mass is 237 g/mol. The number of Topliss-reactive ketones (excluding diaryl/α,β-unsaturated/α-hetero) is 1. The lowest BCUT2D eigenvalue weighted by molar-refractivity contribution is 0.0970. The largest absolute Gasteiger partial charge is 0.330 e. The summed E-state index contributed by atoms with van der Waals surface area (Å²) < 4.78 is 13.7. The van der Waals surface area contributed by atoms with Gasteiger partial charge in [0.2, 0.25) is 0 Å². The molecule has 0 aliphatic rings. The van der Waals surface area contributed by atoms with Gasteiger partial charge in [0.15, 0.2) is 5.78 Å². The molecule has 0 amide bonds. The Bertz CT molecular complexity index is 392. The molecule has 3 heteroatoms. The van der Waals surface area contributed by atoms with Crippen molar-refractivity contribution in [1.29, 1.82) is 0 Å². The zero-order valence-electron chi connectivity index (χ0n) is 10.7. The van der Waals surface area contributed by atoms with Crippen LogP contribution in [0.3, 0.4) is 0 Å². The van der Waals surface area contributed by atoms with Crippen molar-refractivity contribution in [2.75, 3.05) is 6.54 Å². The van der Waals surface area contributed by atoms with Gasteiger partial charge in [-0.2, -0.15) is 0 Å². The second-order valence-corrected chi connectivity index (χ2v) is 4.74. The van der Waals surface area contributed by atoms with E-state index >= 15 is 0 Å². The maximum atomic E-state index is 13.7. The first-order chi connectivity index (χ1) is 7.95. The predicted molar refractivity (Wildman–Crippen MR) is 67.7 cm³/mol. The van der Waals surface area contributed by atoms with E-state index in [1.165, 1.54) is 6.07 Å². The Morgan fingerprint density at radius 2 is 2.06 bits per heavy atom. The summed E-state index contributed by atoms with van der Waals surface area (Å²) in [6.07, 6.45) is 1.07. The predicted octanol–water partition coefficient (Wildman–Crippen LogP) is 3.00. The third-order valence-corrected chi connectivity index (χ3v) is 2.98. The van der Waals surface area contributed by atoms with Crippen LogP contribution in [0.5, 0.6) is 0 Å². The summed E-state index contributed by atoms with van der Waals surface area (Å²) in [5.74, 6) is -0.235. The van der Waals surface area contributed by atoms with Crippen molar-refractivity contribution >= 4 is 5.78 Å². The summed E-state index contributed by atoms with van der Waals surface area (Å²) in [5, 5.41) is 0. The van der Waals surface area contributed by atoms with Crippen molar-refractivity contribution in [3.63, 3.8) is 0 Å². The van der Waals surface area contributed by atoms with Crippen molar-refractivity contribution in [3.8, 4) is 0 Å². The molecule has 2 N–H and O–H groups in total. The Morgan fingerprint density at radius 3 is 2.59 bits per heavy atom. The topological polar surface area (TPSA) is 43.1 Å². The summed E-state index contributed by atoms with van der Waals surface area (Å²) in [7, 11) is 0. The minimum absolute atomic E-state index is 0.125. The summed E-state index contributed by atoms with van der Waals surface area (Å²) in [5.41, 5.74) is 7.28. The van der Waals surface area contributed by atoms with E-state index in [1.807, 2.05) is 19.9 Å². The third kappa shape index (κ3) is 3.63. The maximum Gasteiger partial charge on any atom is 0.166 e. The van der Waals surface area contributed by atoms with E-state index in [4.69, 9.17) is 5.73 Å². The smallest absolute Gasteiger partial charge is 0.166 e. The first-order valence-electron chi connectivity index (χ1n) is 5.95. The van der Waals surface area contributed by atoms with E-state index in [2.05, 4.69) is 0 Å². The van der Waals surface area contributed by atoms with Crippen LogP contribution in [-0.2, 0) is 0 Å². The molecule has 0 aliphatic carbocycles. The van der Waals surface area contributed by atoms with Gasteiger partial charge in [0.1, 0.15) is 5.82 Å². The number of nitrogens with two attached hydrogens (primary N) is 1. The van der Waals surface area contributed by atoms with Gasteiger partial charge in [0.25, 0.3) is 0 Å². The van der Waals surface area contributed by atoms with E-state index in [1.54, 1.807) is 6.92 Å². The number of aryl methyl sites for hydroxylation is 2. The van der Waals surface area contributed by atoms with Gasteiger partial charge in [0, 0.05) is 6.42 Å². The number of benzene rings is 1. The molecule has 2 nitrogen and oxygen atoms in total. The molecule has 0 saturated heterocycles. The molecule has 0 spiro atoms. The van der Waals surface area contributed by atoms with E-state index < -0.39 is 5.82 Å². The van der Waals surface area contributed by atoms with Gasteiger partial charge in [-0.3, -0.25) is 4.79 Å². The van der Waals surface area contributed by atoms with Crippen molar-refractivity contribution in [1.82, 2.24) is 0 Å². The summed E-state index contributed by atoms with van der Waals surface area (Å²) in [6, 6.07) is 3.25. The van der Waals surface area contributed by atoms with Crippen molar-refractivity contribution in [3.05, 3.63) is 34.6 Å². The summed E-state index contributed by atoms with van der Waals surface area (Å²) in [6.45, 7) is 6.14. The molecule has 1 aromatic carbocycles. The number of ketones is 1. The van der Waals surface area contributed by atoms with Gasteiger partial charge in [0.05, 0.1) is 5.56 Å². The number of hydrogen-bond donors (Lipinski definition) is 1. The standard InChI is InChI=1S/C14H20FNO/c1-9(8-16)4-5-13(17)14-11(3)6-10(2)7-12(14)15/h6-7,9H,4-5,8,16H2,1-3H3. The number of halogens is 1. The lowest BCUT2D eigenvalue weighted by Crippen LogP contribution is -2.13. The van der Waals surface area contributed by atoms with Crippen LogP contribution in [0.2, 0.25) is 0 Å². The average molecular weight is 237 g/mol. The highest BCUT2D eigenvalue weighted by molar-refractivity contribution is 5.97. The molecule has 0 heterocycles. The highest BCUT2D eigenvalue weighted by Crippen LogP contribution is 2.19. The highest BCUT2D eigenvalue weighted by Gasteiger charge is 2.15. The normalized spacial score (nSPS) is 12.5. The Labute approximate surface area is 102 Å². The molecule has 1 rings (SSSR count). The molecular formula is C14H20FNO. The number of rotatable bonds is 5. The fraction of sp³-hybridized carbons (Fsp3) is 0.500. The van der Waals surface area contributed by atoms with Crippen molar-refractivity contribution in [2.45, 2.75) is 33.6 Å². The second-order valence-electron chi connectivity index (χ2n) is 4.74. The van der Waals surface area contributed by atoms with Gasteiger partial charge in [-0.1, -0.05) is 13.0 Å². The third-order valence-electron chi connectivity index (χ3n) is 2.98. The number of carbonyl (C=O) groups excluding carboxylic acids is 1. The van der Waals surface area contributed by atoms with E-state index in [0.717, 1.165) is 5.56 Å². The first kappa shape index (κ1) is 13.8. The maximum absolute atomic E-state index is 13.7. The van der Waals surface area contributed by atoms with Gasteiger partial charge in [-0.05, 0) is 49.9 Å². The fourth-order valence-corrected chi connectivity index (χ4v) is 1.89. The molecule has 0 saturated carbocycles. The molecule has 1 atom stereocenters. The molecule has 94 valence electrons. The van der Waals surface area contributed by atoms with Crippen LogP contribution in [0.15, 0.2) is 12.1 Å². The molecule has 0 radical (unpaired) electrons. The SMILES string of the molecule is Cc1cc(C)c(C(=O)CCC(C)CN)c(F)c1. The highest BCUT2D eigenvalue weighted by atomic mass is 19.1. The van der Waals surface area contributed by atoms with Crippen LogP contribution in [0.25, 0.3) is 0 Å². The van der Waals surface area contributed by atoms with Crippen LogP contribution in [0.1, 0.15) is 41.3 Å². The van der Waals surface area contributed by atoms with Crippen LogP contribution in [-0.4, -0.2) is 12.3 Å². The van der Waals surface area contributed by atoms with Gasteiger partial charge in [-0.25, -0.2) is 4.39 Å². The summed E-state index contributed by atoms with van der Waals surface area (Å²) in [4.78, 5) is 11.9. The molecule has 1 unspecified atom stereocenters. The molecular weight excluding hydrogens is 217 g/mol. The van der Waals surface area contributed by atoms with Gasteiger partial charge >= 0.3 is 0 Å². The zero-order chi connectivity index (χ0) is 13.0. The number of carbonyl (C=O) groups is 1. The molecule has 0 fully saturated rings. The van der Waals surface area contributed by atoms with Crippen molar-refractivity contribution in [2.24, 2.45) is 11.7 Å². The minimum Gasteiger partial charge on any atom is -0.330 e. The molecule has 1 aromatic rings. The van der Waals surface area contributed by atoms with Gasteiger partial charge < -0.3 is 5.73 Å². The Hall–Kier alpha value is -1.22. The minimum atomic E-state index is -0.409.